The molecule has 0 unspecified atom stereocenters. The van der Waals surface area contributed by atoms with Crippen molar-refractivity contribution in [2.75, 3.05) is 39.8 Å². The molecule has 0 radical (unpaired) electrons. The van der Waals surface area contributed by atoms with Crippen LogP contribution in [-0.2, 0) is 6.54 Å². The van der Waals surface area contributed by atoms with Crippen LogP contribution in [0.15, 0.2) is 12.1 Å². The molecule has 3 nitrogen and oxygen atoms in total. The Morgan fingerprint density at radius 3 is 2.89 bits per heavy atom. The number of hydrogen-bond donors (Lipinski definition) is 1. The van der Waals surface area contributed by atoms with Crippen LogP contribution in [0.1, 0.15) is 22.6 Å². The summed E-state index contributed by atoms with van der Waals surface area (Å²) in [5, 5.41) is 0. The van der Waals surface area contributed by atoms with Gasteiger partial charge in [0.1, 0.15) is 0 Å². The van der Waals surface area contributed by atoms with E-state index >= 15 is 0 Å². The maximum absolute atomic E-state index is 5.38. The van der Waals surface area contributed by atoms with E-state index in [0.29, 0.717) is 6.54 Å². The van der Waals surface area contributed by atoms with Crippen LogP contribution in [0.5, 0.6) is 0 Å². The first-order valence-electron chi connectivity index (χ1n) is 6.96. The van der Waals surface area contributed by atoms with Gasteiger partial charge in [-0.05, 0) is 45.1 Å². The summed E-state index contributed by atoms with van der Waals surface area (Å²) < 4.78 is 0. The van der Waals surface area contributed by atoms with E-state index in [1.807, 2.05) is 0 Å². The molecule has 1 saturated heterocycles. The van der Waals surface area contributed by atoms with Crippen LogP contribution >= 0.6 is 11.3 Å². The highest BCUT2D eigenvalue weighted by molar-refractivity contribution is 7.12. The topological polar surface area (TPSA) is 32.5 Å². The fourth-order valence-corrected chi connectivity index (χ4v) is 3.29. The largest absolute Gasteiger partial charge is 0.320 e. The minimum absolute atomic E-state index is 0.434. The number of hydrogen-bond acceptors (Lipinski definition) is 4. The molecule has 1 fully saturated rings. The average molecular weight is 277 g/mol. The van der Waals surface area contributed by atoms with Gasteiger partial charge in [0.2, 0.25) is 0 Å². The summed E-state index contributed by atoms with van der Waals surface area (Å²) in [6.07, 6.45) is 2.75. The van der Waals surface area contributed by atoms with Gasteiger partial charge in [-0.15, -0.1) is 11.3 Å². The van der Waals surface area contributed by atoms with Gasteiger partial charge in [-0.25, -0.2) is 0 Å². The summed E-state index contributed by atoms with van der Waals surface area (Å²) in [5.74, 6) is 5.99. The Bertz CT molecular complexity index is 438. The third kappa shape index (κ3) is 4.96. The summed E-state index contributed by atoms with van der Waals surface area (Å²) in [4.78, 5) is 7.45. The smallest absolute Gasteiger partial charge is 0.0772 e. The van der Waals surface area contributed by atoms with Crippen molar-refractivity contribution >= 4 is 11.3 Å². The van der Waals surface area contributed by atoms with Crippen LogP contribution in [0.4, 0.5) is 0 Å². The minimum atomic E-state index is 0.434. The number of rotatable bonds is 5. The maximum Gasteiger partial charge on any atom is 0.0772 e. The van der Waals surface area contributed by atoms with Gasteiger partial charge in [0.15, 0.2) is 0 Å². The molecule has 0 atom stereocenters. The highest BCUT2D eigenvalue weighted by atomic mass is 32.1. The second kappa shape index (κ2) is 7.66. The van der Waals surface area contributed by atoms with Gasteiger partial charge in [0, 0.05) is 24.5 Å². The van der Waals surface area contributed by atoms with Crippen molar-refractivity contribution in [3.05, 3.63) is 21.9 Å². The molecular weight excluding hydrogens is 254 g/mol. The van der Waals surface area contributed by atoms with Crippen molar-refractivity contribution in [2.24, 2.45) is 5.73 Å². The summed E-state index contributed by atoms with van der Waals surface area (Å²) in [5.41, 5.74) is 5.38. The van der Waals surface area contributed by atoms with Gasteiger partial charge in [-0.1, -0.05) is 11.8 Å². The SMILES string of the molecule is CN(CCN1CCCC1)Cc1ccc(C#CCN)s1. The highest BCUT2D eigenvalue weighted by Crippen LogP contribution is 2.17. The third-order valence-electron chi connectivity index (χ3n) is 3.40. The van der Waals surface area contributed by atoms with Crippen LogP contribution in [-0.4, -0.2) is 49.6 Å². The molecule has 1 aliphatic heterocycles. The van der Waals surface area contributed by atoms with Crippen LogP contribution in [0.25, 0.3) is 0 Å². The summed E-state index contributed by atoms with van der Waals surface area (Å²) in [6, 6.07) is 4.27. The number of nitrogens with two attached hydrogens (primary N) is 1. The zero-order chi connectivity index (χ0) is 13.5. The van der Waals surface area contributed by atoms with E-state index in [1.165, 1.54) is 37.4 Å². The molecule has 2 N–H and O–H groups in total. The zero-order valence-corrected chi connectivity index (χ0v) is 12.5. The van der Waals surface area contributed by atoms with Gasteiger partial charge in [0.25, 0.3) is 0 Å². The summed E-state index contributed by atoms with van der Waals surface area (Å²) in [6.45, 7) is 6.35. The highest BCUT2D eigenvalue weighted by Gasteiger charge is 2.12. The van der Waals surface area contributed by atoms with Crippen molar-refractivity contribution in [1.82, 2.24) is 9.80 Å². The lowest BCUT2D eigenvalue weighted by Crippen LogP contribution is -2.30. The molecule has 19 heavy (non-hydrogen) atoms. The minimum Gasteiger partial charge on any atom is -0.320 e. The molecule has 2 heterocycles. The van der Waals surface area contributed by atoms with Crippen LogP contribution in [0, 0.1) is 11.8 Å². The van der Waals surface area contributed by atoms with Crippen molar-refractivity contribution in [1.29, 1.82) is 0 Å². The predicted molar refractivity (Wildman–Crippen MR) is 82.3 cm³/mol. The molecule has 1 aromatic rings. The van der Waals surface area contributed by atoms with Crippen molar-refractivity contribution in [2.45, 2.75) is 19.4 Å². The molecule has 0 bridgehead atoms. The fourth-order valence-electron chi connectivity index (χ4n) is 2.33. The first-order chi connectivity index (χ1) is 9.28. The van der Waals surface area contributed by atoms with Crippen LogP contribution in [0.2, 0.25) is 0 Å². The van der Waals surface area contributed by atoms with Gasteiger partial charge in [-0.3, -0.25) is 0 Å². The van der Waals surface area contributed by atoms with Gasteiger partial charge in [0.05, 0.1) is 11.4 Å². The number of nitrogens with zero attached hydrogens (tertiary/aromatic N) is 2. The summed E-state index contributed by atoms with van der Waals surface area (Å²) >= 11 is 1.77. The second-order valence-corrected chi connectivity index (χ2v) is 6.23. The normalized spacial score (nSPS) is 15.7. The molecule has 1 aromatic heterocycles. The standard InChI is InChI=1S/C15H23N3S/c1-17(11-12-18-9-2-3-10-18)13-15-7-6-14(19-15)5-4-8-16/h6-7H,2-3,8-13,16H2,1H3. The molecule has 104 valence electrons. The Morgan fingerprint density at radius 1 is 1.37 bits per heavy atom. The lowest BCUT2D eigenvalue weighted by molar-refractivity contribution is 0.253. The molecule has 1 aliphatic rings. The first-order valence-corrected chi connectivity index (χ1v) is 7.78. The number of likely N-dealkylation sites (tertiary alicyclic amines) is 1. The van der Waals surface area contributed by atoms with Crippen LogP contribution in [0.3, 0.4) is 0 Å². The van der Waals surface area contributed by atoms with E-state index in [0.717, 1.165) is 18.0 Å². The Labute approximate surface area is 120 Å². The lowest BCUT2D eigenvalue weighted by Gasteiger charge is -2.20. The predicted octanol–water partition coefficient (Wildman–Crippen LogP) is 1.59. The van der Waals surface area contributed by atoms with E-state index in [1.54, 1.807) is 11.3 Å². The van der Waals surface area contributed by atoms with E-state index < -0.39 is 0 Å². The molecule has 2 rings (SSSR count). The van der Waals surface area contributed by atoms with Gasteiger partial charge < -0.3 is 15.5 Å². The molecule has 0 aliphatic carbocycles. The van der Waals surface area contributed by atoms with Crippen molar-refractivity contribution < 1.29 is 0 Å². The Kier molecular flexibility index (Phi) is 5.87. The maximum atomic E-state index is 5.38. The molecule has 0 aromatic carbocycles. The summed E-state index contributed by atoms with van der Waals surface area (Å²) in [7, 11) is 2.20. The Morgan fingerprint density at radius 2 is 2.16 bits per heavy atom. The first kappa shape index (κ1) is 14.5. The number of thiophene rings is 1. The molecule has 0 spiro atoms. The monoisotopic (exact) mass is 277 g/mol. The third-order valence-corrected chi connectivity index (χ3v) is 4.38. The quantitative estimate of drug-likeness (QED) is 0.830. The average Bonchev–Trinajstić information content (AvgIpc) is 3.05. The fraction of sp³-hybridized carbons (Fsp3) is 0.600. The van der Waals surface area contributed by atoms with E-state index in [-0.39, 0.29) is 0 Å². The van der Waals surface area contributed by atoms with Gasteiger partial charge in [-0.2, -0.15) is 0 Å². The van der Waals surface area contributed by atoms with Crippen LogP contribution < -0.4 is 5.73 Å². The molecular formula is C15H23N3S. The molecule has 4 heteroatoms. The van der Waals surface area contributed by atoms with E-state index in [9.17, 15) is 0 Å². The molecule has 0 saturated carbocycles. The van der Waals surface area contributed by atoms with Gasteiger partial charge >= 0.3 is 0 Å². The Balaban J connectivity index is 1.74. The molecule has 0 amide bonds. The van der Waals surface area contributed by atoms with Crippen molar-refractivity contribution in [3.63, 3.8) is 0 Å². The second-order valence-electron chi connectivity index (χ2n) is 5.06. The van der Waals surface area contributed by atoms with E-state index in [2.05, 4.69) is 40.8 Å². The zero-order valence-electron chi connectivity index (χ0n) is 11.7. The van der Waals surface area contributed by atoms with Crippen molar-refractivity contribution in [3.8, 4) is 11.8 Å². The lowest BCUT2D eigenvalue weighted by atomic mass is 10.4. The Hall–Kier alpha value is -0.860. The number of likely N-dealkylation sites (N-methyl/N-ethyl adjacent to an activating group) is 1. The van der Waals surface area contributed by atoms with E-state index in [4.69, 9.17) is 5.73 Å².